The number of rotatable bonds is 7. The van der Waals surface area contributed by atoms with Crippen LogP contribution in [0.5, 0.6) is 0 Å². The third kappa shape index (κ3) is 5.94. The van der Waals surface area contributed by atoms with Crippen molar-refractivity contribution in [3.63, 3.8) is 0 Å². The van der Waals surface area contributed by atoms with Gasteiger partial charge in [0.2, 0.25) is 15.8 Å². The molecule has 1 atom stereocenters. The number of nitrogens with one attached hydrogen (secondary N) is 1. The van der Waals surface area contributed by atoms with Gasteiger partial charge in [0, 0.05) is 24.3 Å². The zero-order chi connectivity index (χ0) is 22.6. The number of furan rings is 1. The number of carbonyl (C=O) groups excluding carboxylic acids is 3. The Bertz CT molecular complexity index is 1040. The summed E-state index contributed by atoms with van der Waals surface area (Å²) in [6.45, 7) is 2.30. The smallest absolute Gasteiger partial charge is 0.309 e. The van der Waals surface area contributed by atoms with Crippen molar-refractivity contribution < 1.29 is 32.0 Å². The van der Waals surface area contributed by atoms with Crippen LogP contribution in [0.2, 0.25) is 0 Å². The lowest BCUT2D eigenvalue weighted by molar-refractivity contribution is -0.152. The maximum absolute atomic E-state index is 12.6. The Morgan fingerprint density at radius 3 is 2.32 bits per heavy atom. The summed E-state index contributed by atoms with van der Waals surface area (Å²) in [5.41, 5.74) is 0.637. The summed E-state index contributed by atoms with van der Waals surface area (Å²) in [5, 5.41) is 0. The van der Waals surface area contributed by atoms with E-state index in [4.69, 9.17) is 9.15 Å². The lowest BCUT2D eigenvalue weighted by Crippen LogP contribution is -2.41. The molecule has 1 saturated heterocycles. The van der Waals surface area contributed by atoms with Crippen LogP contribution in [0.25, 0.3) is 0 Å². The Labute approximate surface area is 180 Å². The highest BCUT2D eigenvalue weighted by Crippen LogP contribution is 2.22. The second kappa shape index (κ2) is 9.34. The highest BCUT2D eigenvalue weighted by atomic mass is 32.2. The molecule has 3 rings (SSSR count). The van der Waals surface area contributed by atoms with E-state index in [9.17, 15) is 22.8 Å². The van der Waals surface area contributed by atoms with E-state index < -0.39 is 28.0 Å². The lowest BCUT2D eigenvalue weighted by Gasteiger charge is -2.30. The quantitative estimate of drug-likeness (QED) is 0.509. The predicted octanol–water partition coefficient (Wildman–Crippen LogP) is 2.32. The number of ketones is 1. The molecule has 31 heavy (non-hydrogen) atoms. The van der Waals surface area contributed by atoms with E-state index in [1.54, 1.807) is 17.0 Å². The van der Waals surface area contributed by atoms with E-state index in [0.717, 1.165) is 6.26 Å². The molecule has 0 radical (unpaired) electrons. The molecule has 0 unspecified atom stereocenters. The van der Waals surface area contributed by atoms with Gasteiger partial charge in [0.15, 0.2) is 11.9 Å². The van der Waals surface area contributed by atoms with Crippen LogP contribution < -0.4 is 4.72 Å². The van der Waals surface area contributed by atoms with Crippen LogP contribution in [0.1, 0.15) is 40.7 Å². The minimum atomic E-state index is -3.41. The summed E-state index contributed by atoms with van der Waals surface area (Å²) >= 11 is 0. The van der Waals surface area contributed by atoms with Gasteiger partial charge in [-0.2, -0.15) is 0 Å². The third-order valence-electron chi connectivity index (χ3n) is 4.98. The minimum Gasteiger partial charge on any atom is -0.459 e. The van der Waals surface area contributed by atoms with Gasteiger partial charge in [0.05, 0.1) is 18.4 Å². The fourth-order valence-corrected chi connectivity index (χ4v) is 3.91. The van der Waals surface area contributed by atoms with Crippen molar-refractivity contribution in [2.24, 2.45) is 5.92 Å². The fraction of sp³-hybridized carbons (Fsp3) is 0.381. The molecule has 1 aromatic carbocycles. The molecule has 10 heteroatoms. The van der Waals surface area contributed by atoms with E-state index in [-0.39, 0.29) is 17.5 Å². The molecule has 1 aliphatic rings. The third-order valence-corrected chi connectivity index (χ3v) is 5.59. The Balaban J connectivity index is 1.51. The maximum Gasteiger partial charge on any atom is 0.309 e. The minimum absolute atomic E-state index is 0.214. The molecule has 2 aromatic rings. The molecular weight excluding hydrogens is 424 g/mol. The average molecular weight is 448 g/mol. The van der Waals surface area contributed by atoms with Crippen LogP contribution in [0.15, 0.2) is 47.1 Å². The number of carbonyl (C=O) groups is 3. The predicted molar refractivity (Wildman–Crippen MR) is 112 cm³/mol. The molecule has 1 fully saturated rings. The van der Waals surface area contributed by atoms with Gasteiger partial charge >= 0.3 is 5.97 Å². The van der Waals surface area contributed by atoms with E-state index in [1.807, 2.05) is 0 Å². The molecule has 9 nitrogen and oxygen atoms in total. The lowest BCUT2D eigenvalue weighted by atomic mass is 9.96. The van der Waals surface area contributed by atoms with Crippen molar-refractivity contribution >= 4 is 33.4 Å². The van der Waals surface area contributed by atoms with Crippen molar-refractivity contribution in [1.29, 1.82) is 0 Å². The molecular formula is C21H24N2O7S. The number of benzene rings is 1. The van der Waals surface area contributed by atoms with E-state index in [1.165, 1.54) is 37.5 Å². The van der Waals surface area contributed by atoms with Gasteiger partial charge in [-0.3, -0.25) is 19.1 Å². The van der Waals surface area contributed by atoms with Crippen molar-refractivity contribution in [3.8, 4) is 0 Å². The molecule has 0 spiro atoms. The average Bonchev–Trinajstić information content (AvgIpc) is 3.27. The zero-order valence-electron chi connectivity index (χ0n) is 17.2. The first-order valence-electron chi connectivity index (χ1n) is 9.79. The highest BCUT2D eigenvalue weighted by Gasteiger charge is 2.31. The van der Waals surface area contributed by atoms with Crippen LogP contribution in [0.3, 0.4) is 0 Å². The number of hydrogen-bond donors (Lipinski definition) is 1. The number of esters is 1. The van der Waals surface area contributed by atoms with Crippen molar-refractivity contribution in [2.75, 3.05) is 24.1 Å². The first-order valence-corrected chi connectivity index (χ1v) is 11.7. The van der Waals surface area contributed by atoms with Crippen molar-refractivity contribution in [2.45, 2.75) is 25.9 Å². The van der Waals surface area contributed by atoms with Crippen LogP contribution in [-0.4, -0.2) is 56.4 Å². The summed E-state index contributed by atoms with van der Waals surface area (Å²) < 4.78 is 35.3. The number of Topliss-reactive ketones (excluding diaryl/α,β-unsaturated/α-hetero) is 1. The number of sulfonamides is 1. The van der Waals surface area contributed by atoms with Crippen LogP contribution in [0.4, 0.5) is 5.69 Å². The molecule has 2 heterocycles. The molecule has 166 valence electrons. The standard InChI is InChI=1S/C21H24N2O7S/c1-14(19(24)15-5-7-17(8-6-15)22-31(2,27)28)30-21(26)16-9-11-23(12-10-16)20(25)18-4-3-13-29-18/h3-8,13-14,16,22H,9-12H2,1-2H3/t14-/m1/s1. The van der Waals surface area contributed by atoms with Gasteiger partial charge in [0.1, 0.15) is 0 Å². The summed E-state index contributed by atoms with van der Waals surface area (Å²) in [6, 6.07) is 9.12. The van der Waals surface area contributed by atoms with Crippen LogP contribution in [-0.2, 0) is 19.6 Å². The molecule has 0 aliphatic carbocycles. The fourth-order valence-electron chi connectivity index (χ4n) is 3.35. The number of hydrogen-bond acceptors (Lipinski definition) is 7. The first kappa shape index (κ1) is 22.5. The monoisotopic (exact) mass is 448 g/mol. The Morgan fingerprint density at radius 1 is 1.13 bits per heavy atom. The number of amides is 1. The largest absolute Gasteiger partial charge is 0.459 e. The number of ether oxygens (including phenoxy) is 1. The van der Waals surface area contributed by atoms with Crippen molar-refractivity contribution in [3.05, 3.63) is 54.0 Å². The van der Waals surface area contributed by atoms with E-state index in [0.29, 0.717) is 37.2 Å². The number of nitrogens with zero attached hydrogens (tertiary/aromatic N) is 1. The molecule has 0 bridgehead atoms. The van der Waals surface area contributed by atoms with Gasteiger partial charge in [-0.15, -0.1) is 0 Å². The van der Waals surface area contributed by atoms with E-state index >= 15 is 0 Å². The summed E-state index contributed by atoms with van der Waals surface area (Å²) in [7, 11) is -3.41. The van der Waals surface area contributed by atoms with Crippen LogP contribution in [0, 0.1) is 5.92 Å². The molecule has 1 aromatic heterocycles. The van der Waals surface area contributed by atoms with Gasteiger partial charge in [-0.25, -0.2) is 8.42 Å². The summed E-state index contributed by atoms with van der Waals surface area (Å²) in [4.78, 5) is 39.0. The van der Waals surface area contributed by atoms with Crippen LogP contribution >= 0.6 is 0 Å². The van der Waals surface area contributed by atoms with Gasteiger partial charge in [-0.05, 0) is 56.2 Å². The summed E-state index contributed by atoms with van der Waals surface area (Å²) in [5.74, 6) is -1.20. The van der Waals surface area contributed by atoms with Crippen molar-refractivity contribution in [1.82, 2.24) is 4.90 Å². The molecule has 1 N–H and O–H groups in total. The second-order valence-electron chi connectivity index (χ2n) is 7.44. The SMILES string of the molecule is C[C@@H](OC(=O)C1CCN(C(=O)c2ccco2)CC1)C(=O)c1ccc(NS(C)(=O)=O)cc1. The zero-order valence-corrected chi connectivity index (χ0v) is 18.1. The van der Waals surface area contributed by atoms with E-state index in [2.05, 4.69) is 4.72 Å². The number of likely N-dealkylation sites (tertiary alicyclic amines) is 1. The number of anilines is 1. The van der Waals surface area contributed by atoms with Gasteiger partial charge in [0.25, 0.3) is 5.91 Å². The first-order chi connectivity index (χ1) is 14.6. The number of piperidine rings is 1. The molecule has 1 amide bonds. The molecule has 1 aliphatic heterocycles. The maximum atomic E-state index is 12.6. The summed E-state index contributed by atoms with van der Waals surface area (Å²) in [6.07, 6.45) is 2.37. The topological polar surface area (TPSA) is 123 Å². The Morgan fingerprint density at radius 2 is 1.77 bits per heavy atom. The second-order valence-corrected chi connectivity index (χ2v) is 9.19. The molecule has 0 saturated carbocycles. The highest BCUT2D eigenvalue weighted by molar-refractivity contribution is 7.92. The van der Waals surface area contributed by atoms with Gasteiger partial charge < -0.3 is 14.1 Å². The normalized spacial score (nSPS) is 15.9. The Hall–Kier alpha value is -3.14. The van der Waals surface area contributed by atoms with Gasteiger partial charge in [-0.1, -0.05) is 0 Å². The Kier molecular flexibility index (Phi) is 6.79.